The molecule has 3 aromatic carbocycles. The summed E-state index contributed by atoms with van der Waals surface area (Å²) < 4.78 is 14.0. The fourth-order valence-electron chi connectivity index (χ4n) is 4.43. The van der Waals surface area contributed by atoms with E-state index in [1.54, 1.807) is 47.4 Å². The van der Waals surface area contributed by atoms with Crippen LogP contribution in [-0.4, -0.2) is 35.0 Å². The van der Waals surface area contributed by atoms with E-state index in [4.69, 9.17) is 23.2 Å². The molecule has 1 aliphatic heterocycles. The number of anilines is 1. The van der Waals surface area contributed by atoms with Gasteiger partial charge in [-0.05, 0) is 60.9 Å². The van der Waals surface area contributed by atoms with E-state index in [2.05, 4.69) is 0 Å². The average molecular weight is 512 g/mol. The van der Waals surface area contributed by atoms with Crippen molar-refractivity contribution >= 4 is 34.8 Å². The molecule has 1 N–H and O–H groups in total. The standard InChI is InChI=1S/C27H24Cl2FN3O2/c1-27(35,20-5-3-2-4-6-20)26(34)32-12-11-23(17-32)33(16-19-13-21(30)8-10-24(19)28)22-9-7-18(15-31)25(29)14-22/h2-10,13-14,23,35H,11-12,16-17H2,1H3/t23-,27?/m0/s1. The highest BCUT2D eigenvalue weighted by Gasteiger charge is 2.40. The summed E-state index contributed by atoms with van der Waals surface area (Å²) in [5, 5.41) is 21.0. The number of carbonyl (C=O) groups excluding carboxylic acids is 1. The Bertz CT molecular complexity index is 1280. The molecule has 1 fully saturated rings. The van der Waals surface area contributed by atoms with Crippen LogP contribution in [0.4, 0.5) is 10.1 Å². The molecule has 0 bridgehead atoms. The van der Waals surface area contributed by atoms with Crippen LogP contribution in [0.2, 0.25) is 10.0 Å². The number of carbonyl (C=O) groups is 1. The first-order valence-corrected chi connectivity index (χ1v) is 11.9. The topological polar surface area (TPSA) is 67.6 Å². The molecule has 8 heteroatoms. The minimum Gasteiger partial charge on any atom is -0.376 e. The van der Waals surface area contributed by atoms with Crippen molar-refractivity contribution in [3.63, 3.8) is 0 Å². The number of rotatable bonds is 6. The van der Waals surface area contributed by atoms with E-state index in [0.29, 0.717) is 46.2 Å². The molecule has 4 rings (SSSR count). The SMILES string of the molecule is CC(O)(C(=O)N1CC[C@H](N(Cc2cc(F)ccc2Cl)c2ccc(C#N)c(Cl)c2)C1)c1ccccc1. The minimum absolute atomic E-state index is 0.145. The first-order chi connectivity index (χ1) is 16.7. The lowest BCUT2D eigenvalue weighted by Gasteiger charge is -2.33. The maximum atomic E-state index is 14.0. The summed E-state index contributed by atoms with van der Waals surface area (Å²) in [6.45, 7) is 2.58. The first kappa shape index (κ1) is 25.0. The Labute approximate surface area is 213 Å². The van der Waals surface area contributed by atoms with Gasteiger partial charge in [0.1, 0.15) is 11.9 Å². The summed E-state index contributed by atoms with van der Waals surface area (Å²) in [6, 6.07) is 20.1. The summed E-state index contributed by atoms with van der Waals surface area (Å²) in [4.78, 5) is 17.0. The lowest BCUT2D eigenvalue weighted by molar-refractivity contribution is -0.149. The van der Waals surface area contributed by atoms with Gasteiger partial charge >= 0.3 is 0 Å². The quantitative estimate of drug-likeness (QED) is 0.473. The number of likely N-dealkylation sites (tertiary alicyclic amines) is 1. The maximum Gasteiger partial charge on any atom is 0.258 e. The van der Waals surface area contributed by atoms with Crippen LogP contribution in [0.1, 0.15) is 30.0 Å². The molecule has 5 nitrogen and oxygen atoms in total. The Morgan fingerprint density at radius 2 is 1.91 bits per heavy atom. The van der Waals surface area contributed by atoms with E-state index in [1.807, 2.05) is 17.0 Å². The molecule has 180 valence electrons. The molecule has 1 amide bonds. The Balaban J connectivity index is 1.63. The largest absolute Gasteiger partial charge is 0.376 e. The lowest BCUT2D eigenvalue weighted by Crippen LogP contribution is -2.46. The van der Waals surface area contributed by atoms with Crippen molar-refractivity contribution in [2.75, 3.05) is 18.0 Å². The molecule has 0 saturated carbocycles. The molecule has 1 saturated heterocycles. The molecule has 0 spiro atoms. The second-order valence-electron chi connectivity index (χ2n) is 8.77. The van der Waals surface area contributed by atoms with Gasteiger partial charge in [-0.25, -0.2) is 4.39 Å². The number of hydrogen-bond donors (Lipinski definition) is 1. The predicted octanol–water partition coefficient (Wildman–Crippen LogP) is 5.52. The van der Waals surface area contributed by atoms with E-state index in [-0.39, 0.29) is 18.5 Å². The van der Waals surface area contributed by atoms with Crippen LogP contribution in [0.25, 0.3) is 0 Å². The van der Waals surface area contributed by atoms with E-state index in [1.165, 1.54) is 25.1 Å². The number of nitriles is 1. The van der Waals surface area contributed by atoms with Gasteiger partial charge in [0.25, 0.3) is 5.91 Å². The van der Waals surface area contributed by atoms with Crippen molar-refractivity contribution in [3.05, 3.63) is 99.3 Å². The van der Waals surface area contributed by atoms with Crippen LogP contribution >= 0.6 is 23.2 Å². The Hall–Kier alpha value is -3.11. The Kier molecular flexibility index (Phi) is 7.32. The van der Waals surface area contributed by atoms with E-state index in [9.17, 15) is 19.6 Å². The molecule has 2 atom stereocenters. The molecule has 3 aromatic rings. The van der Waals surface area contributed by atoms with Gasteiger partial charge in [0.15, 0.2) is 5.60 Å². The number of amides is 1. The van der Waals surface area contributed by atoms with Gasteiger partial charge in [-0.3, -0.25) is 4.79 Å². The molecule has 35 heavy (non-hydrogen) atoms. The summed E-state index contributed by atoms with van der Waals surface area (Å²) in [6.07, 6.45) is 0.626. The third-order valence-electron chi connectivity index (χ3n) is 6.40. The highest BCUT2D eigenvalue weighted by atomic mass is 35.5. The summed E-state index contributed by atoms with van der Waals surface area (Å²) in [5.74, 6) is -0.780. The van der Waals surface area contributed by atoms with Crippen molar-refractivity contribution in [2.45, 2.75) is 31.5 Å². The molecule has 0 radical (unpaired) electrons. The van der Waals surface area contributed by atoms with E-state index >= 15 is 0 Å². The number of halogens is 3. The summed E-state index contributed by atoms with van der Waals surface area (Å²) in [7, 11) is 0. The van der Waals surface area contributed by atoms with Crippen molar-refractivity contribution in [1.29, 1.82) is 5.26 Å². The molecule has 1 aliphatic rings. The molecule has 1 unspecified atom stereocenters. The summed E-state index contributed by atoms with van der Waals surface area (Å²) in [5.41, 5.74) is 0.526. The predicted molar refractivity (Wildman–Crippen MR) is 135 cm³/mol. The van der Waals surface area contributed by atoms with E-state index in [0.717, 1.165) is 5.69 Å². The molecule has 0 aliphatic carbocycles. The molecular formula is C27H24Cl2FN3O2. The van der Waals surface area contributed by atoms with Crippen LogP contribution < -0.4 is 4.90 Å². The second kappa shape index (κ2) is 10.2. The normalized spacial score (nSPS) is 17.0. The van der Waals surface area contributed by atoms with E-state index < -0.39 is 11.4 Å². The molecular weight excluding hydrogens is 488 g/mol. The molecule has 1 heterocycles. The van der Waals surface area contributed by atoms with Crippen LogP contribution in [0.3, 0.4) is 0 Å². The number of benzene rings is 3. The van der Waals surface area contributed by atoms with Gasteiger partial charge in [-0.1, -0.05) is 53.5 Å². The van der Waals surface area contributed by atoms with Crippen molar-refractivity contribution in [1.82, 2.24) is 4.90 Å². The van der Waals surface area contributed by atoms with Gasteiger partial charge in [-0.15, -0.1) is 0 Å². The minimum atomic E-state index is -1.66. The van der Waals surface area contributed by atoms with Gasteiger partial charge in [0, 0.05) is 36.4 Å². The second-order valence-corrected chi connectivity index (χ2v) is 9.59. The van der Waals surface area contributed by atoms with Crippen molar-refractivity contribution in [2.24, 2.45) is 0 Å². The van der Waals surface area contributed by atoms with Gasteiger partial charge in [0.2, 0.25) is 0 Å². The van der Waals surface area contributed by atoms with Crippen molar-refractivity contribution in [3.8, 4) is 6.07 Å². The Morgan fingerprint density at radius 1 is 1.17 bits per heavy atom. The van der Waals surface area contributed by atoms with Gasteiger partial charge in [-0.2, -0.15) is 5.26 Å². The van der Waals surface area contributed by atoms with Crippen LogP contribution in [0.15, 0.2) is 66.7 Å². The number of nitrogens with zero attached hydrogens (tertiary/aromatic N) is 3. The highest BCUT2D eigenvalue weighted by molar-refractivity contribution is 6.32. The smallest absolute Gasteiger partial charge is 0.258 e. The average Bonchev–Trinajstić information content (AvgIpc) is 3.34. The summed E-state index contributed by atoms with van der Waals surface area (Å²) >= 11 is 12.7. The highest BCUT2D eigenvalue weighted by Crippen LogP contribution is 2.32. The first-order valence-electron chi connectivity index (χ1n) is 11.2. The monoisotopic (exact) mass is 511 g/mol. The van der Waals surface area contributed by atoms with Crippen LogP contribution in [-0.2, 0) is 16.9 Å². The third kappa shape index (κ3) is 5.28. The zero-order valence-electron chi connectivity index (χ0n) is 19.1. The van der Waals surface area contributed by atoms with Crippen LogP contribution in [0.5, 0.6) is 0 Å². The van der Waals surface area contributed by atoms with Crippen molar-refractivity contribution < 1.29 is 14.3 Å². The zero-order chi connectivity index (χ0) is 25.2. The Morgan fingerprint density at radius 3 is 2.60 bits per heavy atom. The number of aliphatic hydroxyl groups is 1. The zero-order valence-corrected chi connectivity index (χ0v) is 20.6. The fraction of sp³-hybridized carbons (Fsp3) is 0.259. The third-order valence-corrected chi connectivity index (χ3v) is 7.08. The van der Waals surface area contributed by atoms with Gasteiger partial charge < -0.3 is 14.9 Å². The van der Waals surface area contributed by atoms with Gasteiger partial charge in [0.05, 0.1) is 10.6 Å². The molecule has 0 aromatic heterocycles. The maximum absolute atomic E-state index is 14.0. The number of hydrogen-bond acceptors (Lipinski definition) is 4. The van der Waals surface area contributed by atoms with Crippen LogP contribution in [0, 0.1) is 17.1 Å². The fourth-order valence-corrected chi connectivity index (χ4v) is 4.82. The lowest BCUT2D eigenvalue weighted by atomic mass is 9.94.